The average molecular weight is 266 g/mol. The van der Waals surface area contributed by atoms with E-state index in [0.717, 1.165) is 25.7 Å². The zero-order valence-electron chi connectivity index (χ0n) is 11.0. The van der Waals surface area contributed by atoms with Gasteiger partial charge >= 0.3 is 17.9 Å². The van der Waals surface area contributed by atoms with Crippen molar-refractivity contribution in [2.75, 3.05) is 0 Å². The molecule has 2 aliphatic rings. The number of ether oxygens (including phenoxy) is 2. The molecule has 0 amide bonds. The predicted molar refractivity (Wildman–Crippen MR) is 65.9 cm³/mol. The molecule has 2 rings (SSSR count). The van der Waals surface area contributed by atoms with Gasteiger partial charge in [-0.25, -0.2) is 4.79 Å². The van der Waals surface area contributed by atoms with E-state index >= 15 is 0 Å². The Labute approximate surface area is 111 Å². The summed E-state index contributed by atoms with van der Waals surface area (Å²) in [7, 11) is 0. The molecule has 1 saturated carbocycles. The first-order chi connectivity index (χ1) is 8.99. The van der Waals surface area contributed by atoms with Crippen LogP contribution in [0.4, 0.5) is 0 Å². The minimum absolute atomic E-state index is 0.102. The van der Waals surface area contributed by atoms with Crippen LogP contribution in [0.3, 0.4) is 0 Å². The number of carbonyl (C=O) groups excluding carboxylic acids is 3. The molecule has 0 aromatic rings. The predicted octanol–water partition coefficient (Wildman–Crippen LogP) is 1.75. The Morgan fingerprint density at radius 3 is 2.58 bits per heavy atom. The molecule has 0 bridgehead atoms. The van der Waals surface area contributed by atoms with Crippen LogP contribution in [0, 0.1) is 11.8 Å². The second-order valence-corrected chi connectivity index (χ2v) is 5.28. The lowest BCUT2D eigenvalue weighted by atomic mass is 9.77. The standard InChI is InChI=1S/C14H18O5/c1-8(2)13(16)18-11-6-4-3-5-9(11)10-7-12(15)19-14(10)17/h9-11H,1,3-7H2,2H3. The van der Waals surface area contributed by atoms with Gasteiger partial charge in [0.25, 0.3) is 0 Å². The zero-order valence-corrected chi connectivity index (χ0v) is 11.0. The number of hydrogen-bond acceptors (Lipinski definition) is 5. The maximum Gasteiger partial charge on any atom is 0.333 e. The molecule has 0 aromatic carbocycles. The largest absolute Gasteiger partial charge is 0.459 e. The minimum Gasteiger partial charge on any atom is -0.459 e. The fourth-order valence-corrected chi connectivity index (χ4v) is 2.79. The monoisotopic (exact) mass is 266 g/mol. The van der Waals surface area contributed by atoms with E-state index in [4.69, 9.17) is 4.74 Å². The quantitative estimate of drug-likeness (QED) is 0.442. The van der Waals surface area contributed by atoms with Crippen LogP contribution >= 0.6 is 0 Å². The van der Waals surface area contributed by atoms with Gasteiger partial charge < -0.3 is 9.47 Å². The molecular formula is C14H18O5. The first-order valence-corrected chi connectivity index (χ1v) is 6.60. The molecule has 1 aliphatic heterocycles. The van der Waals surface area contributed by atoms with Crippen LogP contribution in [0.15, 0.2) is 12.2 Å². The van der Waals surface area contributed by atoms with Gasteiger partial charge in [0.2, 0.25) is 0 Å². The molecule has 1 saturated heterocycles. The fourth-order valence-electron chi connectivity index (χ4n) is 2.79. The van der Waals surface area contributed by atoms with Crippen molar-refractivity contribution in [3.8, 4) is 0 Å². The Hall–Kier alpha value is -1.65. The maximum absolute atomic E-state index is 11.6. The molecule has 0 radical (unpaired) electrons. The lowest BCUT2D eigenvalue weighted by Gasteiger charge is -2.33. The maximum atomic E-state index is 11.6. The van der Waals surface area contributed by atoms with Gasteiger partial charge in [0, 0.05) is 11.5 Å². The lowest BCUT2D eigenvalue weighted by Crippen LogP contribution is -2.36. The number of cyclic esters (lactones) is 2. The summed E-state index contributed by atoms with van der Waals surface area (Å²) in [5.41, 5.74) is 0.342. The Morgan fingerprint density at radius 1 is 1.32 bits per heavy atom. The highest BCUT2D eigenvalue weighted by molar-refractivity contribution is 5.94. The van der Waals surface area contributed by atoms with Gasteiger partial charge in [0.05, 0.1) is 12.3 Å². The van der Waals surface area contributed by atoms with Gasteiger partial charge in [-0.1, -0.05) is 13.0 Å². The second kappa shape index (κ2) is 5.55. The van der Waals surface area contributed by atoms with Crippen LogP contribution in [-0.4, -0.2) is 24.0 Å². The summed E-state index contributed by atoms with van der Waals surface area (Å²) in [5.74, 6) is -1.97. The van der Waals surface area contributed by atoms with Crippen LogP contribution in [0.25, 0.3) is 0 Å². The number of hydrogen-bond donors (Lipinski definition) is 0. The van der Waals surface area contributed by atoms with E-state index in [2.05, 4.69) is 11.3 Å². The molecule has 1 aliphatic carbocycles. The normalized spacial score (nSPS) is 30.9. The van der Waals surface area contributed by atoms with E-state index in [1.54, 1.807) is 6.92 Å². The van der Waals surface area contributed by atoms with E-state index in [-0.39, 0.29) is 18.4 Å². The molecule has 0 N–H and O–H groups in total. The third-order valence-electron chi connectivity index (χ3n) is 3.78. The van der Waals surface area contributed by atoms with Gasteiger partial charge in [-0.3, -0.25) is 9.59 Å². The van der Waals surface area contributed by atoms with Gasteiger partial charge in [-0.05, 0) is 26.2 Å². The van der Waals surface area contributed by atoms with Crippen molar-refractivity contribution in [2.45, 2.75) is 45.1 Å². The van der Waals surface area contributed by atoms with Crippen molar-refractivity contribution in [3.63, 3.8) is 0 Å². The smallest absolute Gasteiger partial charge is 0.333 e. The number of carbonyl (C=O) groups is 3. The van der Waals surface area contributed by atoms with Crippen LogP contribution in [0.2, 0.25) is 0 Å². The summed E-state index contributed by atoms with van der Waals surface area (Å²) >= 11 is 0. The van der Waals surface area contributed by atoms with Crippen LogP contribution < -0.4 is 0 Å². The van der Waals surface area contributed by atoms with Crippen LogP contribution in [0.5, 0.6) is 0 Å². The Kier molecular flexibility index (Phi) is 4.02. The molecule has 3 unspecified atom stereocenters. The summed E-state index contributed by atoms with van der Waals surface area (Å²) in [6, 6.07) is 0. The first kappa shape index (κ1) is 13.8. The molecule has 2 fully saturated rings. The van der Waals surface area contributed by atoms with Crippen molar-refractivity contribution in [3.05, 3.63) is 12.2 Å². The summed E-state index contributed by atoms with van der Waals surface area (Å²) < 4.78 is 10.00. The number of rotatable bonds is 3. The van der Waals surface area contributed by atoms with Gasteiger partial charge in [-0.15, -0.1) is 0 Å². The Morgan fingerprint density at radius 2 is 2.00 bits per heavy atom. The van der Waals surface area contributed by atoms with Gasteiger partial charge in [0.15, 0.2) is 0 Å². The van der Waals surface area contributed by atoms with Crippen molar-refractivity contribution in [1.29, 1.82) is 0 Å². The van der Waals surface area contributed by atoms with Crippen molar-refractivity contribution in [2.24, 2.45) is 11.8 Å². The molecule has 5 nitrogen and oxygen atoms in total. The molecular weight excluding hydrogens is 248 g/mol. The average Bonchev–Trinajstić information content (AvgIpc) is 2.69. The summed E-state index contributed by atoms with van der Waals surface area (Å²) in [4.78, 5) is 34.4. The summed E-state index contributed by atoms with van der Waals surface area (Å²) in [6.07, 6.45) is 3.22. The topological polar surface area (TPSA) is 69.7 Å². The Balaban J connectivity index is 2.07. The van der Waals surface area contributed by atoms with Gasteiger partial charge in [-0.2, -0.15) is 0 Å². The summed E-state index contributed by atoms with van der Waals surface area (Å²) in [6.45, 7) is 5.14. The van der Waals surface area contributed by atoms with E-state index in [9.17, 15) is 14.4 Å². The SMILES string of the molecule is C=C(C)C(=O)OC1CCCCC1C1CC(=O)OC1=O. The fraction of sp³-hybridized carbons (Fsp3) is 0.643. The molecule has 19 heavy (non-hydrogen) atoms. The third-order valence-corrected chi connectivity index (χ3v) is 3.78. The highest BCUT2D eigenvalue weighted by atomic mass is 16.6. The van der Waals surface area contributed by atoms with Crippen molar-refractivity contribution >= 4 is 17.9 Å². The van der Waals surface area contributed by atoms with E-state index < -0.39 is 23.8 Å². The van der Waals surface area contributed by atoms with Crippen molar-refractivity contribution < 1.29 is 23.9 Å². The summed E-state index contributed by atoms with van der Waals surface area (Å²) in [5, 5.41) is 0. The second-order valence-electron chi connectivity index (χ2n) is 5.28. The highest BCUT2D eigenvalue weighted by Gasteiger charge is 2.44. The molecule has 104 valence electrons. The molecule has 3 atom stereocenters. The number of esters is 3. The molecule has 5 heteroatoms. The third kappa shape index (κ3) is 3.03. The van der Waals surface area contributed by atoms with Crippen LogP contribution in [-0.2, 0) is 23.9 Å². The molecule has 1 heterocycles. The highest BCUT2D eigenvalue weighted by Crippen LogP contribution is 2.37. The van der Waals surface area contributed by atoms with Gasteiger partial charge in [0.1, 0.15) is 6.10 Å². The Bertz CT molecular complexity index is 426. The zero-order chi connectivity index (χ0) is 14.0. The van der Waals surface area contributed by atoms with Crippen LogP contribution in [0.1, 0.15) is 39.0 Å². The minimum atomic E-state index is -0.481. The van der Waals surface area contributed by atoms with Crippen molar-refractivity contribution in [1.82, 2.24) is 0 Å². The van der Waals surface area contributed by atoms with E-state index in [1.807, 2.05) is 0 Å². The lowest BCUT2D eigenvalue weighted by molar-refractivity contribution is -0.158. The van der Waals surface area contributed by atoms with E-state index in [0.29, 0.717) is 5.57 Å². The molecule has 0 aromatic heterocycles. The van der Waals surface area contributed by atoms with E-state index in [1.165, 1.54) is 0 Å². The molecule has 0 spiro atoms. The first-order valence-electron chi connectivity index (χ1n) is 6.60.